The number of hydrogen-bond acceptors (Lipinski definition) is 6. The first kappa shape index (κ1) is 19.8. The van der Waals surface area contributed by atoms with Gasteiger partial charge in [0.1, 0.15) is 0 Å². The van der Waals surface area contributed by atoms with Crippen molar-refractivity contribution in [1.29, 1.82) is 0 Å². The second-order valence-corrected chi connectivity index (χ2v) is 5.42. The Morgan fingerprint density at radius 1 is 1.00 bits per heavy atom. The number of ether oxygens (including phenoxy) is 3. The van der Waals surface area contributed by atoms with Gasteiger partial charge in [0.2, 0.25) is 11.7 Å². The molecule has 0 heterocycles. The van der Waals surface area contributed by atoms with Crippen molar-refractivity contribution in [2.24, 2.45) is 5.10 Å². The van der Waals surface area contributed by atoms with E-state index in [-0.39, 0.29) is 5.91 Å². The Morgan fingerprint density at radius 2 is 1.67 bits per heavy atom. The first-order valence-corrected chi connectivity index (χ1v) is 7.99. The SMILES string of the molecule is COc1cc(/C=N/NC(=O)c2cccc(NC(C)=O)c2)cc(OC)c1OC. The molecular weight excluding hydrogens is 350 g/mol. The topological polar surface area (TPSA) is 98.2 Å². The van der Waals surface area contributed by atoms with E-state index in [1.165, 1.54) is 34.5 Å². The molecule has 0 bridgehead atoms. The molecule has 8 heteroatoms. The predicted octanol–water partition coefficient (Wildman–Crippen LogP) is 2.43. The zero-order valence-corrected chi connectivity index (χ0v) is 15.5. The number of methoxy groups -OCH3 is 3. The number of nitrogens with zero attached hydrogens (tertiary/aromatic N) is 1. The van der Waals surface area contributed by atoms with Gasteiger partial charge < -0.3 is 19.5 Å². The number of carbonyl (C=O) groups is 2. The Bertz CT molecular complexity index is 839. The van der Waals surface area contributed by atoms with Gasteiger partial charge in [-0.05, 0) is 30.3 Å². The van der Waals surface area contributed by atoms with E-state index < -0.39 is 5.91 Å². The molecule has 0 aliphatic carbocycles. The van der Waals surface area contributed by atoms with Gasteiger partial charge in [-0.3, -0.25) is 9.59 Å². The Hall–Kier alpha value is -3.55. The average molecular weight is 371 g/mol. The van der Waals surface area contributed by atoms with Crippen LogP contribution in [0, 0.1) is 0 Å². The van der Waals surface area contributed by atoms with Gasteiger partial charge in [-0.15, -0.1) is 0 Å². The van der Waals surface area contributed by atoms with E-state index in [9.17, 15) is 9.59 Å². The Morgan fingerprint density at radius 3 is 2.22 bits per heavy atom. The molecule has 0 fully saturated rings. The summed E-state index contributed by atoms with van der Waals surface area (Å²) < 4.78 is 15.8. The van der Waals surface area contributed by atoms with Crippen LogP contribution in [0.2, 0.25) is 0 Å². The van der Waals surface area contributed by atoms with E-state index in [1.807, 2.05) is 0 Å². The van der Waals surface area contributed by atoms with E-state index in [0.29, 0.717) is 34.1 Å². The lowest BCUT2D eigenvalue weighted by atomic mass is 10.2. The van der Waals surface area contributed by atoms with Gasteiger partial charge in [0.15, 0.2) is 11.5 Å². The minimum atomic E-state index is -0.411. The fourth-order valence-corrected chi connectivity index (χ4v) is 2.35. The van der Waals surface area contributed by atoms with Crippen LogP contribution in [0.25, 0.3) is 0 Å². The molecule has 2 aromatic carbocycles. The maximum atomic E-state index is 12.2. The van der Waals surface area contributed by atoms with Crippen molar-refractivity contribution in [3.05, 3.63) is 47.5 Å². The summed E-state index contributed by atoms with van der Waals surface area (Å²) in [6.07, 6.45) is 1.46. The first-order valence-electron chi connectivity index (χ1n) is 7.99. The van der Waals surface area contributed by atoms with Crippen LogP contribution in [0.1, 0.15) is 22.8 Å². The van der Waals surface area contributed by atoms with Crippen LogP contribution in [0.15, 0.2) is 41.5 Å². The number of benzene rings is 2. The highest BCUT2D eigenvalue weighted by molar-refractivity contribution is 5.97. The largest absolute Gasteiger partial charge is 0.493 e. The van der Waals surface area contributed by atoms with Crippen LogP contribution >= 0.6 is 0 Å². The molecule has 0 aliphatic rings. The number of rotatable bonds is 7. The van der Waals surface area contributed by atoms with Gasteiger partial charge in [0.25, 0.3) is 5.91 Å². The van der Waals surface area contributed by atoms with Crippen LogP contribution < -0.4 is 25.0 Å². The summed E-state index contributed by atoms with van der Waals surface area (Å²) in [6.45, 7) is 1.40. The van der Waals surface area contributed by atoms with E-state index >= 15 is 0 Å². The zero-order valence-electron chi connectivity index (χ0n) is 15.5. The highest BCUT2D eigenvalue weighted by Crippen LogP contribution is 2.37. The number of carbonyl (C=O) groups excluding carboxylic acids is 2. The van der Waals surface area contributed by atoms with Crippen molar-refractivity contribution >= 4 is 23.7 Å². The van der Waals surface area contributed by atoms with Gasteiger partial charge in [0.05, 0.1) is 27.5 Å². The van der Waals surface area contributed by atoms with E-state index in [2.05, 4.69) is 15.8 Å². The minimum absolute atomic E-state index is 0.215. The molecule has 0 saturated heterocycles. The number of nitrogens with one attached hydrogen (secondary N) is 2. The van der Waals surface area contributed by atoms with Crippen molar-refractivity contribution in [3.63, 3.8) is 0 Å². The molecule has 2 N–H and O–H groups in total. The lowest BCUT2D eigenvalue weighted by Gasteiger charge is -2.12. The van der Waals surface area contributed by atoms with Crippen molar-refractivity contribution in [2.45, 2.75) is 6.92 Å². The Kier molecular flexibility index (Phi) is 6.76. The van der Waals surface area contributed by atoms with Crippen molar-refractivity contribution in [2.75, 3.05) is 26.6 Å². The molecule has 0 aliphatic heterocycles. The molecule has 142 valence electrons. The Balaban J connectivity index is 2.13. The fraction of sp³-hybridized carbons (Fsp3) is 0.211. The smallest absolute Gasteiger partial charge is 0.271 e. The monoisotopic (exact) mass is 371 g/mol. The summed E-state index contributed by atoms with van der Waals surface area (Å²) in [5, 5.41) is 6.57. The summed E-state index contributed by atoms with van der Waals surface area (Å²) in [6, 6.07) is 9.95. The van der Waals surface area contributed by atoms with Crippen LogP contribution in [-0.4, -0.2) is 39.4 Å². The standard InChI is InChI=1S/C19H21N3O5/c1-12(23)21-15-7-5-6-14(10-15)19(24)22-20-11-13-8-16(25-2)18(27-4)17(9-13)26-3/h5-11H,1-4H3,(H,21,23)(H,22,24)/b20-11+. The molecule has 2 aromatic rings. The molecule has 0 radical (unpaired) electrons. The van der Waals surface area contributed by atoms with E-state index in [4.69, 9.17) is 14.2 Å². The summed E-state index contributed by atoms with van der Waals surface area (Å²) in [5.74, 6) is 0.801. The fourth-order valence-electron chi connectivity index (χ4n) is 2.35. The molecule has 27 heavy (non-hydrogen) atoms. The van der Waals surface area contributed by atoms with E-state index in [1.54, 1.807) is 36.4 Å². The average Bonchev–Trinajstić information content (AvgIpc) is 2.66. The maximum Gasteiger partial charge on any atom is 0.271 e. The summed E-state index contributed by atoms with van der Waals surface area (Å²) in [7, 11) is 4.55. The predicted molar refractivity (Wildman–Crippen MR) is 102 cm³/mol. The lowest BCUT2D eigenvalue weighted by Crippen LogP contribution is -2.18. The zero-order chi connectivity index (χ0) is 19.8. The second kappa shape index (κ2) is 9.23. The first-order chi connectivity index (χ1) is 13.0. The van der Waals surface area contributed by atoms with Gasteiger partial charge in [-0.1, -0.05) is 6.07 Å². The van der Waals surface area contributed by atoms with Crippen molar-refractivity contribution in [3.8, 4) is 17.2 Å². The highest BCUT2D eigenvalue weighted by atomic mass is 16.5. The molecule has 0 aromatic heterocycles. The lowest BCUT2D eigenvalue weighted by molar-refractivity contribution is -0.114. The number of anilines is 1. The molecule has 0 unspecified atom stereocenters. The molecule has 2 amide bonds. The minimum Gasteiger partial charge on any atom is -0.493 e. The van der Waals surface area contributed by atoms with Gasteiger partial charge in [-0.25, -0.2) is 5.43 Å². The summed E-state index contributed by atoms with van der Waals surface area (Å²) in [5.41, 5.74) is 3.98. The van der Waals surface area contributed by atoms with Crippen molar-refractivity contribution in [1.82, 2.24) is 5.43 Å². The number of amides is 2. The third kappa shape index (κ3) is 5.21. The van der Waals surface area contributed by atoms with E-state index in [0.717, 1.165) is 0 Å². The molecule has 0 saturated carbocycles. The second-order valence-electron chi connectivity index (χ2n) is 5.42. The van der Waals surface area contributed by atoms with Gasteiger partial charge in [-0.2, -0.15) is 5.10 Å². The van der Waals surface area contributed by atoms with Crippen LogP contribution in [0.3, 0.4) is 0 Å². The van der Waals surface area contributed by atoms with Crippen molar-refractivity contribution < 1.29 is 23.8 Å². The normalized spacial score (nSPS) is 10.4. The van der Waals surface area contributed by atoms with Crippen LogP contribution in [-0.2, 0) is 4.79 Å². The molecule has 8 nitrogen and oxygen atoms in total. The summed E-state index contributed by atoms with van der Waals surface area (Å²) >= 11 is 0. The quantitative estimate of drug-likeness (QED) is 0.575. The summed E-state index contributed by atoms with van der Waals surface area (Å²) in [4.78, 5) is 23.3. The van der Waals surface area contributed by atoms with Crippen LogP contribution in [0.4, 0.5) is 5.69 Å². The highest BCUT2D eigenvalue weighted by Gasteiger charge is 2.12. The van der Waals surface area contributed by atoms with Gasteiger partial charge >= 0.3 is 0 Å². The number of hydrazone groups is 1. The molecular formula is C19H21N3O5. The third-order valence-electron chi connectivity index (χ3n) is 3.51. The van der Waals surface area contributed by atoms with Crippen LogP contribution in [0.5, 0.6) is 17.2 Å². The molecule has 0 atom stereocenters. The van der Waals surface area contributed by atoms with Gasteiger partial charge in [0, 0.05) is 23.7 Å². The number of hydrogen-bond donors (Lipinski definition) is 2. The third-order valence-corrected chi connectivity index (χ3v) is 3.51. The molecule has 0 spiro atoms. The Labute approximate surface area is 157 Å². The maximum absolute atomic E-state index is 12.2. The molecule has 2 rings (SSSR count).